The van der Waals surface area contributed by atoms with Gasteiger partial charge >= 0.3 is 0 Å². The van der Waals surface area contributed by atoms with Crippen LogP contribution in [-0.4, -0.2) is 9.97 Å². The molecule has 0 aliphatic heterocycles. The van der Waals surface area contributed by atoms with Gasteiger partial charge < -0.3 is 15.8 Å². The third-order valence-electron chi connectivity index (χ3n) is 4.28. The lowest BCUT2D eigenvalue weighted by atomic mass is 10.0. The molecule has 1 heterocycles. The highest BCUT2D eigenvalue weighted by atomic mass is 79.9. The monoisotopic (exact) mass is 436 g/mol. The van der Waals surface area contributed by atoms with Crippen molar-refractivity contribution in [2.75, 3.05) is 11.1 Å². The van der Waals surface area contributed by atoms with E-state index in [4.69, 9.17) is 16.9 Å². The second-order valence-electron chi connectivity index (χ2n) is 6.41. The van der Waals surface area contributed by atoms with Gasteiger partial charge in [-0.1, -0.05) is 25.0 Å². The first-order valence-corrected chi connectivity index (χ1v) is 9.65. The third-order valence-corrected chi connectivity index (χ3v) is 5.03. The number of ether oxygens (including phenoxy) is 1. The summed E-state index contributed by atoms with van der Waals surface area (Å²) in [6.07, 6.45) is 6.36. The maximum Gasteiger partial charge on any atom is 0.240 e. The van der Waals surface area contributed by atoms with E-state index in [-0.39, 0.29) is 5.82 Å². The number of nitrogen functional groups attached to an aromatic ring is 1. The second-order valence-corrected chi connectivity index (χ2v) is 7.21. The highest BCUT2D eigenvalue weighted by Crippen LogP contribution is 2.36. The van der Waals surface area contributed by atoms with Gasteiger partial charge in [0.2, 0.25) is 11.8 Å². The fourth-order valence-corrected chi connectivity index (χ4v) is 3.11. The van der Waals surface area contributed by atoms with E-state index >= 15 is 0 Å². The number of hydrogen-bond acceptors (Lipinski definition) is 5. The Morgan fingerprint density at radius 1 is 1.14 bits per heavy atom. The van der Waals surface area contributed by atoms with Gasteiger partial charge in [-0.2, -0.15) is 9.97 Å². The highest BCUT2D eigenvalue weighted by molar-refractivity contribution is 9.10. The SMILES string of the molecule is C#Cc1ccc(Nc2nc(N)c(Br)c(Oc3c(C)cc(CC)cc3C)n2)cc1. The molecule has 0 aliphatic rings. The molecular weight excluding hydrogens is 416 g/mol. The van der Waals surface area contributed by atoms with Crippen LogP contribution in [0, 0.1) is 26.2 Å². The average Bonchev–Trinajstić information content (AvgIpc) is 2.68. The van der Waals surface area contributed by atoms with Gasteiger partial charge in [0.25, 0.3) is 0 Å². The molecule has 0 amide bonds. The molecule has 0 spiro atoms. The molecule has 3 rings (SSSR count). The Morgan fingerprint density at radius 2 is 1.79 bits per heavy atom. The van der Waals surface area contributed by atoms with Crippen molar-refractivity contribution in [3.05, 3.63) is 63.1 Å². The molecule has 28 heavy (non-hydrogen) atoms. The minimum absolute atomic E-state index is 0.285. The zero-order valence-corrected chi connectivity index (χ0v) is 17.6. The molecule has 0 bridgehead atoms. The topological polar surface area (TPSA) is 73.1 Å². The quantitative estimate of drug-likeness (QED) is 0.515. The Bertz CT molecular complexity index is 1030. The predicted molar refractivity (Wildman–Crippen MR) is 117 cm³/mol. The third kappa shape index (κ3) is 4.26. The normalized spacial score (nSPS) is 10.4. The molecule has 3 aromatic rings. The first-order chi connectivity index (χ1) is 13.4. The highest BCUT2D eigenvalue weighted by Gasteiger charge is 2.15. The fourth-order valence-electron chi connectivity index (χ4n) is 2.85. The van der Waals surface area contributed by atoms with E-state index < -0.39 is 0 Å². The van der Waals surface area contributed by atoms with Crippen LogP contribution in [0.1, 0.15) is 29.2 Å². The first-order valence-electron chi connectivity index (χ1n) is 8.86. The Balaban J connectivity index is 1.93. The molecule has 5 nitrogen and oxygen atoms in total. The number of nitrogens with zero attached hydrogens (tertiary/aromatic N) is 2. The summed E-state index contributed by atoms with van der Waals surface area (Å²) in [6.45, 7) is 6.17. The smallest absolute Gasteiger partial charge is 0.240 e. The number of terminal acetylenes is 1. The Labute approximate surface area is 173 Å². The molecular formula is C22H21BrN4O. The van der Waals surface area contributed by atoms with Crippen molar-refractivity contribution < 1.29 is 4.74 Å². The molecule has 0 saturated carbocycles. The van der Waals surface area contributed by atoms with Gasteiger partial charge in [0.05, 0.1) is 0 Å². The van der Waals surface area contributed by atoms with Gasteiger partial charge in [-0.25, -0.2) is 0 Å². The van der Waals surface area contributed by atoms with Crippen LogP contribution in [0.25, 0.3) is 0 Å². The predicted octanol–water partition coefficient (Wildman–Crippen LogP) is 5.52. The molecule has 2 aromatic carbocycles. The molecule has 3 N–H and O–H groups in total. The molecule has 0 radical (unpaired) electrons. The summed E-state index contributed by atoms with van der Waals surface area (Å²) in [4.78, 5) is 8.75. The first kappa shape index (κ1) is 19.7. The summed E-state index contributed by atoms with van der Waals surface area (Å²) in [5.74, 6) is 4.32. The summed E-state index contributed by atoms with van der Waals surface area (Å²) < 4.78 is 6.63. The van der Waals surface area contributed by atoms with Gasteiger partial charge in [-0.3, -0.25) is 0 Å². The van der Waals surface area contributed by atoms with Crippen LogP contribution < -0.4 is 15.8 Å². The minimum Gasteiger partial charge on any atom is -0.437 e. The van der Waals surface area contributed by atoms with Gasteiger partial charge in [-0.05, 0) is 77.2 Å². The minimum atomic E-state index is 0.285. The number of rotatable bonds is 5. The number of nitrogens with one attached hydrogen (secondary N) is 1. The fraction of sp³-hybridized carbons (Fsp3) is 0.182. The van der Waals surface area contributed by atoms with Crippen molar-refractivity contribution in [1.29, 1.82) is 0 Å². The van der Waals surface area contributed by atoms with Crippen LogP contribution in [0.2, 0.25) is 0 Å². The molecule has 0 aliphatic carbocycles. The number of aryl methyl sites for hydroxylation is 3. The number of hydrogen-bond donors (Lipinski definition) is 2. The maximum atomic E-state index is 6.12. The lowest BCUT2D eigenvalue weighted by Crippen LogP contribution is -2.04. The lowest BCUT2D eigenvalue weighted by molar-refractivity contribution is 0.452. The molecule has 6 heteroatoms. The zero-order valence-electron chi connectivity index (χ0n) is 16.0. The van der Waals surface area contributed by atoms with Crippen molar-refractivity contribution in [2.45, 2.75) is 27.2 Å². The summed E-state index contributed by atoms with van der Waals surface area (Å²) >= 11 is 3.43. The van der Waals surface area contributed by atoms with E-state index in [1.54, 1.807) is 0 Å². The molecule has 0 fully saturated rings. The van der Waals surface area contributed by atoms with Crippen molar-refractivity contribution in [1.82, 2.24) is 9.97 Å². The van der Waals surface area contributed by atoms with Crippen LogP contribution >= 0.6 is 15.9 Å². The Hall–Kier alpha value is -3.04. The number of halogens is 1. The van der Waals surface area contributed by atoms with Crippen molar-refractivity contribution in [2.24, 2.45) is 0 Å². The number of nitrogens with two attached hydrogens (primary N) is 1. The summed E-state index contributed by atoms with van der Waals surface area (Å²) in [5, 5.41) is 3.13. The molecule has 1 aromatic heterocycles. The van der Waals surface area contributed by atoms with Gasteiger partial charge in [0.15, 0.2) is 0 Å². The Morgan fingerprint density at radius 3 is 2.36 bits per heavy atom. The van der Waals surface area contributed by atoms with Crippen LogP contribution in [0.5, 0.6) is 11.6 Å². The summed E-state index contributed by atoms with van der Waals surface area (Å²) in [7, 11) is 0. The van der Waals surface area contributed by atoms with Crippen LogP contribution in [0.3, 0.4) is 0 Å². The van der Waals surface area contributed by atoms with E-state index in [0.717, 1.165) is 34.5 Å². The second kappa shape index (κ2) is 8.32. The van der Waals surface area contributed by atoms with Crippen molar-refractivity contribution in [3.8, 4) is 24.0 Å². The Kier molecular flexibility index (Phi) is 5.86. The van der Waals surface area contributed by atoms with Crippen LogP contribution in [0.4, 0.5) is 17.5 Å². The van der Waals surface area contributed by atoms with E-state index in [1.165, 1.54) is 5.56 Å². The van der Waals surface area contributed by atoms with E-state index in [9.17, 15) is 0 Å². The standard InChI is InChI=1S/C22H21BrN4O/c1-5-15-7-9-17(10-8-15)25-22-26-20(24)18(23)21(27-22)28-19-13(3)11-16(6-2)12-14(19)4/h1,7-12H,6H2,2-4H3,(H3,24,25,26,27). The van der Waals surface area contributed by atoms with Crippen LogP contribution in [-0.2, 0) is 6.42 Å². The van der Waals surface area contributed by atoms with E-state index in [0.29, 0.717) is 16.3 Å². The number of anilines is 3. The van der Waals surface area contributed by atoms with Crippen molar-refractivity contribution in [3.63, 3.8) is 0 Å². The van der Waals surface area contributed by atoms with Gasteiger partial charge in [0, 0.05) is 11.3 Å². The van der Waals surface area contributed by atoms with Gasteiger partial charge in [-0.15, -0.1) is 6.42 Å². The maximum absolute atomic E-state index is 6.12. The summed E-state index contributed by atoms with van der Waals surface area (Å²) in [6, 6.07) is 11.6. The molecule has 0 atom stereocenters. The molecule has 0 unspecified atom stereocenters. The molecule has 142 valence electrons. The largest absolute Gasteiger partial charge is 0.437 e. The van der Waals surface area contributed by atoms with E-state index in [2.05, 4.69) is 56.2 Å². The zero-order chi connectivity index (χ0) is 20.3. The van der Waals surface area contributed by atoms with Gasteiger partial charge in [0.1, 0.15) is 16.0 Å². The van der Waals surface area contributed by atoms with Crippen molar-refractivity contribution >= 4 is 33.4 Å². The lowest BCUT2D eigenvalue weighted by Gasteiger charge is -2.15. The van der Waals surface area contributed by atoms with E-state index in [1.807, 2.05) is 38.1 Å². The number of benzene rings is 2. The van der Waals surface area contributed by atoms with Crippen LogP contribution in [0.15, 0.2) is 40.9 Å². The summed E-state index contributed by atoms with van der Waals surface area (Å²) in [5.41, 5.74) is 11.0. The molecule has 0 saturated heterocycles. The average molecular weight is 437 g/mol. The number of aromatic nitrogens is 2.